The molecule has 1 aromatic heterocycles. The third kappa shape index (κ3) is 2.48. The lowest BCUT2D eigenvalue weighted by Crippen LogP contribution is -2.28. The van der Waals surface area contributed by atoms with Crippen molar-refractivity contribution in [2.45, 2.75) is 31.2 Å². The summed E-state index contributed by atoms with van der Waals surface area (Å²) < 4.78 is 5.14. The van der Waals surface area contributed by atoms with E-state index in [2.05, 4.69) is 17.2 Å². The van der Waals surface area contributed by atoms with Crippen LogP contribution in [0, 0.1) is 0 Å². The molecule has 0 spiro atoms. The van der Waals surface area contributed by atoms with E-state index < -0.39 is 0 Å². The number of nitrogens with zero attached hydrogens (tertiary/aromatic N) is 1. The highest BCUT2D eigenvalue weighted by Gasteiger charge is 2.21. The second kappa shape index (κ2) is 4.15. The first-order chi connectivity index (χ1) is 6.34. The van der Waals surface area contributed by atoms with Gasteiger partial charge < -0.3 is 9.73 Å². The maximum atomic E-state index is 5.14. The van der Waals surface area contributed by atoms with E-state index in [1.165, 1.54) is 18.6 Å². The summed E-state index contributed by atoms with van der Waals surface area (Å²) >= 11 is 2.03. The number of nitrogens with one attached hydrogen (secondary N) is 1. The van der Waals surface area contributed by atoms with Crippen molar-refractivity contribution in [1.29, 1.82) is 0 Å². The molecular weight excluding hydrogens is 184 g/mol. The molecule has 1 aliphatic rings. The van der Waals surface area contributed by atoms with Crippen LogP contribution in [-0.2, 0) is 6.54 Å². The monoisotopic (exact) mass is 198 g/mol. The van der Waals surface area contributed by atoms with Crippen LogP contribution >= 0.6 is 11.8 Å². The standard InChI is InChI=1S/C9H14N2OS/c1-7-2-8(5-13-7)11-4-9-3-10-6-12-9/h3,6-8,11H,2,4-5H2,1H3. The Hall–Kier alpha value is -0.480. The number of hydrogen-bond donors (Lipinski definition) is 1. The molecule has 0 aromatic carbocycles. The molecule has 0 aliphatic carbocycles. The van der Waals surface area contributed by atoms with Crippen molar-refractivity contribution < 1.29 is 4.42 Å². The zero-order valence-electron chi connectivity index (χ0n) is 7.69. The summed E-state index contributed by atoms with van der Waals surface area (Å²) in [5.74, 6) is 2.14. The highest BCUT2D eigenvalue weighted by molar-refractivity contribution is 8.00. The van der Waals surface area contributed by atoms with E-state index in [1.807, 2.05) is 11.8 Å². The van der Waals surface area contributed by atoms with Gasteiger partial charge in [-0.2, -0.15) is 11.8 Å². The molecule has 1 fully saturated rings. The lowest BCUT2D eigenvalue weighted by molar-refractivity contribution is 0.450. The van der Waals surface area contributed by atoms with Gasteiger partial charge in [0.25, 0.3) is 0 Å². The molecule has 2 atom stereocenters. The summed E-state index contributed by atoms with van der Waals surface area (Å²) in [4.78, 5) is 3.87. The Morgan fingerprint density at radius 2 is 2.69 bits per heavy atom. The maximum Gasteiger partial charge on any atom is 0.180 e. The van der Waals surface area contributed by atoms with E-state index in [0.29, 0.717) is 6.04 Å². The number of hydrogen-bond acceptors (Lipinski definition) is 4. The summed E-state index contributed by atoms with van der Waals surface area (Å²) in [6.45, 7) is 3.08. The third-order valence-corrected chi connectivity index (χ3v) is 3.60. The van der Waals surface area contributed by atoms with Crippen molar-refractivity contribution in [1.82, 2.24) is 10.3 Å². The molecule has 3 nitrogen and oxygen atoms in total. The van der Waals surface area contributed by atoms with Crippen LogP contribution in [0.2, 0.25) is 0 Å². The zero-order valence-corrected chi connectivity index (χ0v) is 8.51. The van der Waals surface area contributed by atoms with Gasteiger partial charge >= 0.3 is 0 Å². The molecule has 4 heteroatoms. The molecule has 0 amide bonds. The van der Waals surface area contributed by atoms with Crippen molar-refractivity contribution in [2.24, 2.45) is 0 Å². The molecule has 1 aromatic rings. The van der Waals surface area contributed by atoms with E-state index >= 15 is 0 Å². The van der Waals surface area contributed by atoms with Crippen molar-refractivity contribution in [3.8, 4) is 0 Å². The van der Waals surface area contributed by atoms with E-state index in [-0.39, 0.29) is 0 Å². The number of aromatic nitrogens is 1. The topological polar surface area (TPSA) is 38.1 Å². The molecule has 2 unspecified atom stereocenters. The normalized spacial score (nSPS) is 28.1. The Morgan fingerprint density at radius 1 is 1.77 bits per heavy atom. The van der Waals surface area contributed by atoms with Gasteiger partial charge in [-0.3, -0.25) is 0 Å². The lowest BCUT2D eigenvalue weighted by Gasteiger charge is -2.08. The predicted molar refractivity (Wildman–Crippen MR) is 53.7 cm³/mol. The molecule has 0 saturated carbocycles. The summed E-state index contributed by atoms with van der Waals surface area (Å²) in [5.41, 5.74) is 0. The molecule has 1 N–H and O–H groups in total. The van der Waals surface area contributed by atoms with Crippen LogP contribution in [0.15, 0.2) is 17.0 Å². The van der Waals surface area contributed by atoms with Crippen LogP contribution in [0.5, 0.6) is 0 Å². The van der Waals surface area contributed by atoms with E-state index in [9.17, 15) is 0 Å². The highest BCUT2D eigenvalue weighted by atomic mass is 32.2. The summed E-state index contributed by atoms with van der Waals surface area (Å²) in [7, 11) is 0. The number of oxazole rings is 1. The Morgan fingerprint density at radius 3 is 3.31 bits per heavy atom. The van der Waals surface area contributed by atoms with Gasteiger partial charge in [0.05, 0.1) is 12.7 Å². The average Bonchev–Trinajstić information content (AvgIpc) is 2.71. The zero-order chi connectivity index (χ0) is 9.10. The first-order valence-corrected chi connectivity index (χ1v) is 5.62. The first kappa shape index (κ1) is 9.09. The van der Waals surface area contributed by atoms with Crippen LogP contribution in [0.1, 0.15) is 19.1 Å². The maximum absolute atomic E-state index is 5.14. The van der Waals surface area contributed by atoms with Crippen LogP contribution in [0.3, 0.4) is 0 Å². The highest BCUT2D eigenvalue weighted by Crippen LogP contribution is 2.25. The fraction of sp³-hybridized carbons (Fsp3) is 0.667. The molecule has 72 valence electrons. The molecule has 1 aliphatic heterocycles. The van der Waals surface area contributed by atoms with Gasteiger partial charge in [-0.15, -0.1) is 0 Å². The van der Waals surface area contributed by atoms with Gasteiger partial charge in [-0.05, 0) is 6.42 Å². The average molecular weight is 198 g/mol. The summed E-state index contributed by atoms with van der Waals surface area (Å²) in [5, 5.41) is 4.26. The molecule has 2 heterocycles. The predicted octanol–water partition coefficient (Wildman–Crippen LogP) is 1.66. The summed E-state index contributed by atoms with van der Waals surface area (Å²) in [6, 6.07) is 0.644. The van der Waals surface area contributed by atoms with Crippen LogP contribution in [0.4, 0.5) is 0 Å². The Kier molecular flexibility index (Phi) is 2.90. The van der Waals surface area contributed by atoms with Crippen molar-refractivity contribution >= 4 is 11.8 Å². The van der Waals surface area contributed by atoms with Gasteiger partial charge in [0.15, 0.2) is 6.39 Å². The fourth-order valence-electron chi connectivity index (χ4n) is 1.53. The Bertz CT molecular complexity index is 250. The molecule has 13 heavy (non-hydrogen) atoms. The van der Waals surface area contributed by atoms with Crippen LogP contribution in [0.25, 0.3) is 0 Å². The second-order valence-corrected chi connectivity index (χ2v) is 4.90. The Balaban J connectivity index is 1.74. The van der Waals surface area contributed by atoms with Gasteiger partial charge in [0.1, 0.15) is 5.76 Å². The van der Waals surface area contributed by atoms with E-state index in [0.717, 1.165) is 17.6 Å². The molecule has 0 bridgehead atoms. The quantitative estimate of drug-likeness (QED) is 0.801. The SMILES string of the molecule is CC1CC(NCc2cnco2)CS1. The first-order valence-electron chi connectivity index (χ1n) is 4.57. The van der Waals surface area contributed by atoms with Crippen molar-refractivity contribution in [3.63, 3.8) is 0 Å². The van der Waals surface area contributed by atoms with Crippen molar-refractivity contribution in [2.75, 3.05) is 5.75 Å². The summed E-state index contributed by atoms with van der Waals surface area (Å²) in [6.07, 6.45) is 4.50. The minimum Gasteiger partial charge on any atom is -0.447 e. The van der Waals surface area contributed by atoms with Gasteiger partial charge in [-0.1, -0.05) is 6.92 Å². The van der Waals surface area contributed by atoms with Crippen molar-refractivity contribution in [3.05, 3.63) is 18.4 Å². The molecular formula is C9H14N2OS. The smallest absolute Gasteiger partial charge is 0.180 e. The minimum absolute atomic E-state index is 0.644. The van der Waals surface area contributed by atoms with Crippen LogP contribution < -0.4 is 5.32 Å². The largest absolute Gasteiger partial charge is 0.447 e. The number of rotatable bonds is 3. The fourth-order valence-corrected chi connectivity index (χ4v) is 2.72. The number of thioether (sulfide) groups is 1. The molecule has 2 rings (SSSR count). The second-order valence-electron chi connectivity index (χ2n) is 3.43. The lowest BCUT2D eigenvalue weighted by atomic mass is 10.2. The molecule has 0 radical (unpaired) electrons. The Labute approximate surface area is 82.3 Å². The minimum atomic E-state index is 0.644. The van der Waals surface area contributed by atoms with Gasteiger partial charge in [-0.25, -0.2) is 4.98 Å². The molecule has 1 saturated heterocycles. The third-order valence-electron chi connectivity index (χ3n) is 2.25. The van der Waals surface area contributed by atoms with E-state index in [1.54, 1.807) is 6.20 Å². The van der Waals surface area contributed by atoms with E-state index in [4.69, 9.17) is 4.42 Å². The van der Waals surface area contributed by atoms with Gasteiger partial charge in [0.2, 0.25) is 0 Å². The van der Waals surface area contributed by atoms with Gasteiger partial charge in [0, 0.05) is 17.0 Å². The van der Waals surface area contributed by atoms with Crippen LogP contribution in [-0.4, -0.2) is 22.0 Å².